The third-order valence-electron chi connectivity index (χ3n) is 5.57. The van der Waals surface area contributed by atoms with Gasteiger partial charge in [0.25, 0.3) is 0 Å². The summed E-state index contributed by atoms with van der Waals surface area (Å²) in [6.07, 6.45) is 6.77. The van der Waals surface area contributed by atoms with E-state index in [9.17, 15) is 4.79 Å². The maximum absolute atomic E-state index is 12.1. The van der Waals surface area contributed by atoms with Crippen LogP contribution in [0.15, 0.2) is 0 Å². The number of hydrogen-bond acceptors (Lipinski definition) is 3. The van der Waals surface area contributed by atoms with Gasteiger partial charge in [-0.2, -0.15) is 0 Å². The standard InChI is InChI=1S/C15H24O3/c1-3-14(17-2)18-15(16)11-7-12-9-4-5-10(6-9)13(12)8-11/h9-14H,3-8H2,1-2H3. The van der Waals surface area contributed by atoms with Gasteiger partial charge in [-0.15, -0.1) is 0 Å². The Hall–Kier alpha value is -0.570. The van der Waals surface area contributed by atoms with E-state index in [2.05, 4.69) is 0 Å². The van der Waals surface area contributed by atoms with Crippen LogP contribution >= 0.6 is 0 Å². The zero-order valence-corrected chi connectivity index (χ0v) is 11.4. The van der Waals surface area contributed by atoms with Gasteiger partial charge >= 0.3 is 5.97 Å². The average molecular weight is 252 g/mol. The number of fused-ring (bicyclic) bond motifs is 5. The highest BCUT2D eigenvalue weighted by atomic mass is 16.7. The molecule has 102 valence electrons. The first-order chi connectivity index (χ1) is 8.72. The van der Waals surface area contributed by atoms with Gasteiger partial charge in [0.15, 0.2) is 0 Å². The molecule has 3 nitrogen and oxygen atoms in total. The van der Waals surface area contributed by atoms with Crippen LogP contribution in [0.4, 0.5) is 0 Å². The molecule has 3 fully saturated rings. The Morgan fingerprint density at radius 2 is 1.78 bits per heavy atom. The lowest BCUT2D eigenvalue weighted by molar-refractivity contribution is -0.178. The highest BCUT2D eigenvalue weighted by Gasteiger charge is 2.53. The summed E-state index contributed by atoms with van der Waals surface area (Å²) >= 11 is 0. The molecule has 0 aromatic rings. The summed E-state index contributed by atoms with van der Waals surface area (Å²) in [5.74, 6) is 3.61. The highest BCUT2D eigenvalue weighted by Crippen LogP contribution is 2.60. The lowest BCUT2D eigenvalue weighted by Gasteiger charge is -2.23. The van der Waals surface area contributed by atoms with E-state index in [0.717, 1.165) is 42.9 Å². The Kier molecular flexibility index (Phi) is 3.35. The minimum Gasteiger partial charge on any atom is -0.436 e. The second-order valence-corrected chi connectivity index (χ2v) is 6.34. The fourth-order valence-electron chi connectivity index (χ4n) is 4.73. The van der Waals surface area contributed by atoms with E-state index in [0.29, 0.717) is 0 Å². The second-order valence-electron chi connectivity index (χ2n) is 6.34. The van der Waals surface area contributed by atoms with E-state index in [1.807, 2.05) is 6.92 Å². The number of rotatable bonds is 4. The topological polar surface area (TPSA) is 35.5 Å². The van der Waals surface area contributed by atoms with Crippen molar-refractivity contribution in [1.29, 1.82) is 0 Å². The van der Waals surface area contributed by atoms with Crippen molar-refractivity contribution in [3.05, 3.63) is 0 Å². The first-order valence-corrected chi connectivity index (χ1v) is 7.46. The first kappa shape index (κ1) is 12.5. The summed E-state index contributed by atoms with van der Waals surface area (Å²) in [6.45, 7) is 1.98. The van der Waals surface area contributed by atoms with Crippen molar-refractivity contribution in [1.82, 2.24) is 0 Å². The van der Waals surface area contributed by atoms with Crippen molar-refractivity contribution in [2.75, 3.05) is 7.11 Å². The summed E-state index contributed by atoms with van der Waals surface area (Å²) in [7, 11) is 1.60. The summed E-state index contributed by atoms with van der Waals surface area (Å²) in [6, 6.07) is 0. The van der Waals surface area contributed by atoms with Crippen molar-refractivity contribution in [2.24, 2.45) is 29.6 Å². The molecule has 3 saturated carbocycles. The van der Waals surface area contributed by atoms with Gasteiger partial charge in [0.05, 0.1) is 5.92 Å². The van der Waals surface area contributed by atoms with E-state index in [1.165, 1.54) is 19.3 Å². The van der Waals surface area contributed by atoms with Crippen molar-refractivity contribution in [3.8, 4) is 0 Å². The lowest BCUT2D eigenvalue weighted by atomic mass is 9.82. The predicted molar refractivity (Wildman–Crippen MR) is 67.7 cm³/mol. The van der Waals surface area contributed by atoms with Crippen LogP contribution in [0.5, 0.6) is 0 Å². The summed E-state index contributed by atoms with van der Waals surface area (Å²) in [5, 5.41) is 0. The van der Waals surface area contributed by atoms with E-state index < -0.39 is 0 Å². The minimum absolute atomic E-state index is 0.0162. The SMILES string of the molecule is CCC(OC)OC(=O)C1CC2C3CCC(C3)C2C1. The summed E-state index contributed by atoms with van der Waals surface area (Å²) in [5.41, 5.74) is 0. The Morgan fingerprint density at radius 1 is 1.17 bits per heavy atom. The Balaban J connectivity index is 1.58. The molecule has 3 rings (SSSR count). The van der Waals surface area contributed by atoms with Gasteiger partial charge < -0.3 is 9.47 Å². The van der Waals surface area contributed by atoms with Crippen molar-refractivity contribution >= 4 is 5.97 Å². The van der Waals surface area contributed by atoms with Crippen molar-refractivity contribution in [2.45, 2.75) is 51.7 Å². The highest BCUT2D eigenvalue weighted by molar-refractivity contribution is 5.73. The molecule has 2 bridgehead atoms. The minimum atomic E-state index is -0.352. The normalized spacial score (nSPS) is 42.9. The molecule has 0 aromatic carbocycles. The molecule has 18 heavy (non-hydrogen) atoms. The largest absolute Gasteiger partial charge is 0.436 e. The predicted octanol–water partition coefficient (Wildman–Crippen LogP) is 2.98. The molecular formula is C15H24O3. The van der Waals surface area contributed by atoms with E-state index in [-0.39, 0.29) is 18.2 Å². The van der Waals surface area contributed by atoms with E-state index >= 15 is 0 Å². The lowest BCUT2D eigenvalue weighted by Crippen LogP contribution is -2.24. The fourth-order valence-corrected chi connectivity index (χ4v) is 4.73. The van der Waals surface area contributed by atoms with Gasteiger partial charge in [0, 0.05) is 13.5 Å². The first-order valence-electron chi connectivity index (χ1n) is 7.46. The molecule has 5 atom stereocenters. The molecule has 0 heterocycles. The third kappa shape index (κ3) is 1.97. The maximum Gasteiger partial charge on any atom is 0.311 e. The molecule has 5 unspecified atom stereocenters. The molecule has 0 saturated heterocycles. The number of ether oxygens (including phenoxy) is 2. The summed E-state index contributed by atoms with van der Waals surface area (Å²) in [4.78, 5) is 12.1. The number of hydrogen-bond donors (Lipinski definition) is 0. The van der Waals surface area contributed by atoms with Gasteiger partial charge in [0.1, 0.15) is 0 Å². The van der Waals surface area contributed by atoms with Gasteiger partial charge in [0.2, 0.25) is 6.29 Å². The number of esters is 1. The molecule has 3 aliphatic carbocycles. The number of carbonyl (C=O) groups excluding carboxylic acids is 1. The fraction of sp³-hybridized carbons (Fsp3) is 0.933. The van der Waals surface area contributed by atoms with Gasteiger partial charge in [-0.1, -0.05) is 6.92 Å². The zero-order chi connectivity index (χ0) is 12.7. The quantitative estimate of drug-likeness (QED) is 0.570. The monoisotopic (exact) mass is 252 g/mol. The Bertz CT molecular complexity index is 306. The molecule has 0 amide bonds. The average Bonchev–Trinajstić information content (AvgIpc) is 3.05. The molecule has 0 spiro atoms. The van der Waals surface area contributed by atoms with Crippen molar-refractivity contribution in [3.63, 3.8) is 0 Å². The molecule has 3 heteroatoms. The molecule has 0 radical (unpaired) electrons. The smallest absolute Gasteiger partial charge is 0.311 e. The molecule has 0 N–H and O–H groups in total. The van der Waals surface area contributed by atoms with Crippen LogP contribution in [-0.4, -0.2) is 19.4 Å². The van der Waals surface area contributed by atoms with E-state index in [4.69, 9.17) is 9.47 Å². The van der Waals surface area contributed by atoms with Gasteiger partial charge in [-0.3, -0.25) is 4.79 Å². The van der Waals surface area contributed by atoms with Crippen LogP contribution in [0.3, 0.4) is 0 Å². The van der Waals surface area contributed by atoms with Crippen LogP contribution in [-0.2, 0) is 14.3 Å². The second kappa shape index (κ2) is 4.84. The van der Waals surface area contributed by atoms with Gasteiger partial charge in [-0.05, 0) is 55.8 Å². The van der Waals surface area contributed by atoms with Crippen LogP contribution in [0.2, 0.25) is 0 Å². The van der Waals surface area contributed by atoms with Crippen molar-refractivity contribution < 1.29 is 14.3 Å². The Labute approximate surface area is 109 Å². The Morgan fingerprint density at radius 3 is 2.28 bits per heavy atom. The zero-order valence-electron chi connectivity index (χ0n) is 11.4. The molecule has 0 aliphatic heterocycles. The van der Waals surface area contributed by atoms with Gasteiger partial charge in [-0.25, -0.2) is 0 Å². The third-order valence-corrected chi connectivity index (χ3v) is 5.57. The molecular weight excluding hydrogens is 228 g/mol. The number of carbonyl (C=O) groups is 1. The molecule has 3 aliphatic rings. The van der Waals surface area contributed by atoms with Crippen LogP contribution in [0.25, 0.3) is 0 Å². The number of methoxy groups -OCH3 is 1. The van der Waals surface area contributed by atoms with E-state index in [1.54, 1.807) is 7.11 Å². The maximum atomic E-state index is 12.1. The molecule has 0 aromatic heterocycles. The van der Waals surface area contributed by atoms with Crippen LogP contribution in [0.1, 0.15) is 45.4 Å². The van der Waals surface area contributed by atoms with Crippen LogP contribution < -0.4 is 0 Å². The van der Waals surface area contributed by atoms with Crippen LogP contribution in [0, 0.1) is 29.6 Å². The summed E-state index contributed by atoms with van der Waals surface area (Å²) < 4.78 is 10.6.